The van der Waals surface area contributed by atoms with Gasteiger partial charge in [-0.3, -0.25) is 14.6 Å². The van der Waals surface area contributed by atoms with Crippen LogP contribution in [0.25, 0.3) is 10.9 Å². The van der Waals surface area contributed by atoms with Crippen molar-refractivity contribution in [3.05, 3.63) is 59.9 Å². The van der Waals surface area contributed by atoms with E-state index in [1.807, 2.05) is 42.5 Å². The number of Topliss-reactive ketones (excluding diaryl/α,β-unsaturated/α-hetero) is 1. The summed E-state index contributed by atoms with van der Waals surface area (Å²) >= 11 is 0. The Labute approximate surface area is 194 Å². The molecule has 4 rings (SSSR count). The molecule has 7 nitrogen and oxygen atoms in total. The number of ketones is 1. The van der Waals surface area contributed by atoms with Crippen molar-refractivity contribution in [2.24, 2.45) is 0 Å². The van der Waals surface area contributed by atoms with Gasteiger partial charge >= 0.3 is 0 Å². The maximum atomic E-state index is 12.8. The molecular formula is C26H29N5O2. The predicted octanol–water partition coefficient (Wildman–Crippen LogP) is 2.73. The molecule has 1 aliphatic rings. The first-order valence-corrected chi connectivity index (χ1v) is 11.2. The van der Waals surface area contributed by atoms with E-state index in [0.717, 1.165) is 67.0 Å². The zero-order valence-electron chi connectivity index (χ0n) is 19.0. The number of hydrogen-bond acceptors (Lipinski definition) is 7. The van der Waals surface area contributed by atoms with Crippen LogP contribution in [0.5, 0.6) is 0 Å². The van der Waals surface area contributed by atoms with E-state index in [-0.39, 0.29) is 5.78 Å². The number of anilines is 2. The first-order chi connectivity index (χ1) is 16.1. The maximum Gasteiger partial charge on any atom is 0.151 e. The van der Waals surface area contributed by atoms with Gasteiger partial charge in [-0.25, -0.2) is 9.97 Å². The number of ether oxygens (including phenoxy) is 1. The number of nitrogens with zero attached hydrogens (tertiary/aromatic N) is 4. The first kappa shape index (κ1) is 22.9. The topological polar surface area (TPSA) is 70.6 Å². The van der Waals surface area contributed by atoms with Crippen LogP contribution in [0.1, 0.15) is 11.1 Å². The van der Waals surface area contributed by atoms with Crippen molar-refractivity contribution in [3.63, 3.8) is 0 Å². The summed E-state index contributed by atoms with van der Waals surface area (Å²) in [7, 11) is 1.73. The van der Waals surface area contributed by atoms with Crippen LogP contribution in [-0.4, -0.2) is 78.5 Å². The Bertz CT molecular complexity index is 1150. The lowest BCUT2D eigenvalue weighted by molar-refractivity contribution is -0.120. The monoisotopic (exact) mass is 443 g/mol. The molecule has 1 aliphatic heterocycles. The molecule has 0 atom stereocenters. The van der Waals surface area contributed by atoms with Crippen LogP contribution in [0.4, 0.5) is 11.5 Å². The van der Waals surface area contributed by atoms with Gasteiger partial charge in [0.1, 0.15) is 12.1 Å². The van der Waals surface area contributed by atoms with Gasteiger partial charge in [-0.1, -0.05) is 18.1 Å². The Kier molecular flexibility index (Phi) is 7.63. The second-order valence-corrected chi connectivity index (χ2v) is 8.25. The van der Waals surface area contributed by atoms with Gasteiger partial charge in [0.2, 0.25) is 0 Å². The van der Waals surface area contributed by atoms with Crippen LogP contribution >= 0.6 is 0 Å². The van der Waals surface area contributed by atoms with Crippen molar-refractivity contribution < 1.29 is 9.53 Å². The van der Waals surface area contributed by atoms with E-state index >= 15 is 0 Å². The molecule has 0 spiro atoms. The third-order valence-electron chi connectivity index (χ3n) is 5.87. The summed E-state index contributed by atoms with van der Waals surface area (Å²) in [5.41, 5.74) is 3.44. The molecule has 3 aromatic rings. The second kappa shape index (κ2) is 11.0. The Morgan fingerprint density at radius 1 is 1.12 bits per heavy atom. The summed E-state index contributed by atoms with van der Waals surface area (Å²) in [6.07, 6.45) is 7.44. The number of nitrogens with one attached hydrogen (secondary N) is 1. The number of aromatic nitrogens is 2. The van der Waals surface area contributed by atoms with E-state index in [0.29, 0.717) is 18.8 Å². The van der Waals surface area contributed by atoms with Crippen LogP contribution in [0.3, 0.4) is 0 Å². The molecule has 1 N–H and O–H groups in total. The number of terminal acetylenes is 1. The van der Waals surface area contributed by atoms with Crippen molar-refractivity contribution in [2.75, 3.05) is 58.3 Å². The van der Waals surface area contributed by atoms with Crippen LogP contribution in [-0.2, 0) is 16.0 Å². The molecule has 2 aromatic carbocycles. The van der Waals surface area contributed by atoms with E-state index in [1.54, 1.807) is 7.11 Å². The lowest BCUT2D eigenvalue weighted by Crippen LogP contribution is -2.48. The van der Waals surface area contributed by atoms with Crippen LogP contribution in [0.15, 0.2) is 48.8 Å². The number of benzene rings is 2. The van der Waals surface area contributed by atoms with Gasteiger partial charge in [0.25, 0.3) is 0 Å². The standard InChI is InChI=1S/C26H29N5O2/c1-3-20-5-4-6-22(15-20)29-26-24-17-21(7-8-25(24)27-19-28-26)16-23(32)18-31-11-9-30(10-12-31)13-14-33-2/h1,4-8,15,17,19H,9-14,16,18H2,2H3,(H,27,28,29). The molecule has 1 saturated heterocycles. The van der Waals surface area contributed by atoms with E-state index in [2.05, 4.69) is 31.0 Å². The fourth-order valence-corrected chi connectivity index (χ4v) is 4.06. The lowest BCUT2D eigenvalue weighted by Gasteiger charge is -2.34. The van der Waals surface area contributed by atoms with E-state index in [9.17, 15) is 4.79 Å². The average molecular weight is 444 g/mol. The van der Waals surface area contributed by atoms with Gasteiger partial charge in [0, 0.05) is 62.9 Å². The maximum absolute atomic E-state index is 12.8. The molecule has 33 heavy (non-hydrogen) atoms. The van der Waals surface area contributed by atoms with E-state index < -0.39 is 0 Å². The van der Waals surface area contributed by atoms with Crippen molar-refractivity contribution in [1.29, 1.82) is 0 Å². The average Bonchev–Trinajstić information content (AvgIpc) is 2.84. The summed E-state index contributed by atoms with van der Waals surface area (Å²) in [5, 5.41) is 4.21. The number of rotatable bonds is 9. The number of methoxy groups -OCH3 is 1. The summed E-state index contributed by atoms with van der Waals surface area (Å²) in [6.45, 7) is 5.93. The molecule has 0 saturated carbocycles. The Balaban J connectivity index is 1.41. The fraction of sp³-hybridized carbons (Fsp3) is 0.346. The summed E-state index contributed by atoms with van der Waals surface area (Å²) in [6, 6.07) is 13.5. The number of piperazine rings is 1. The minimum atomic E-state index is 0.216. The molecule has 0 amide bonds. The SMILES string of the molecule is C#Cc1cccc(Nc2ncnc3ccc(CC(=O)CN4CCN(CCOC)CC4)cc23)c1. The Morgan fingerprint density at radius 3 is 2.73 bits per heavy atom. The minimum absolute atomic E-state index is 0.216. The van der Waals surface area contributed by atoms with Gasteiger partial charge in [-0.15, -0.1) is 6.42 Å². The summed E-state index contributed by atoms with van der Waals surface area (Å²) in [5.74, 6) is 3.55. The van der Waals surface area contributed by atoms with Gasteiger partial charge < -0.3 is 10.1 Å². The third-order valence-corrected chi connectivity index (χ3v) is 5.87. The molecule has 0 aliphatic carbocycles. The number of hydrogen-bond donors (Lipinski definition) is 1. The highest BCUT2D eigenvalue weighted by Crippen LogP contribution is 2.25. The zero-order valence-corrected chi connectivity index (χ0v) is 19.0. The molecule has 1 fully saturated rings. The molecule has 170 valence electrons. The Morgan fingerprint density at radius 2 is 1.94 bits per heavy atom. The highest BCUT2D eigenvalue weighted by atomic mass is 16.5. The molecule has 0 bridgehead atoms. The van der Waals surface area contributed by atoms with Crippen molar-refractivity contribution >= 4 is 28.2 Å². The van der Waals surface area contributed by atoms with Gasteiger partial charge in [0.05, 0.1) is 18.7 Å². The van der Waals surface area contributed by atoms with Crippen molar-refractivity contribution in [2.45, 2.75) is 6.42 Å². The minimum Gasteiger partial charge on any atom is -0.383 e. The van der Waals surface area contributed by atoms with E-state index in [4.69, 9.17) is 11.2 Å². The second-order valence-electron chi connectivity index (χ2n) is 8.25. The van der Waals surface area contributed by atoms with Gasteiger partial charge in [-0.2, -0.15) is 0 Å². The summed E-state index contributed by atoms with van der Waals surface area (Å²) < 4.78 is 5.15. The van der Waals surface area contributed by atoms with Crippen LogP contribution in [0.2, 0.25) is 0 Å². The van der Waals surface area contributed by atoms with Crippen LogP contribution in [0, 0.1) is 12.3 Å². The van der Waals surface area contributed by atoms with Gasteiger partial charge in [0.15, 0.2) is 5.78 Å². The number of carbonyl (C=O) groups is 1. The molecule has 2 heterocycles. The third kappa shape index (κ3) is 6.14. The van der Waals surface area contributed by atoms with E-state index in [1.165, 1.54) is 6.33 Å². The predicted molar refractivity (Wildman–Crippen MR) is 131 cm³/mol. The van der Waals surface area contributed by atoms with Crippen molar-refractivity contribution in [3.8, 4) is 12.3 Å². The highest BCUT2D eigenvalue weighted by Gasteiger charge is 2.19. The Hall–Kier alpha value is -3.31. The molecule has 1 aromatic heterocycles. The smallest absolute Gasteiger partial charge is 0.151 e. The zero-order chi connectivity index (χ0) is 23.0. The molecular weight excluding hydrogens is 414 g/mol. The van der Waals surface area contributed by atoms with Crippen LogP contribution < -0.4 is 5.32 Å². The molecule has 7 heteroatoms. The largest absolute Gasteiger partial charge is 0.383 e. The summed E-state index contributed by atoms with van der Waals surface area (Å²) in [4.78, 5) is 26.2. The lowest BCUT2D eigenvalue weighted by atomic mass is 10.1. The highest BCUT2D eigenvalue weighted by molar-refractivity contribution is 5.92. The first-order valence-electron chi connectivity index (χ1n) is 11.2. The molecule has 0 radical (unpaired) electrons. The quantitative estimate of drug-likeness (QED) is 0.510. The van der Waals surface area contributed by atoms with Crippen molar-refractivity contribution in [1.82, 2.24) is 19.8 Å². The number of fused-ring (bicyclic) bond motifs is 1. The molecule has 0 unspecified atom stereocenters. The van der Waals surface area contributed by atoms with Gasteiger partial charge in [-0.05, 0) is 35.9 Å². The normalized spacial score (nSPS) is 14.8. The fourth-order valence-electron chi connectivity index (χ4n) is 4.06. The number of carbonyl (C=O) groups excluding carboxylic acids is 1.